The normalized spacial score (nSPS) is 19.1. The maximum atomic E-state index is 14.2. The number of para-hydroxylation sites is 1. The minimum absolute atomic E-state index is 0.0435. The summed E-state index contributed by atoms with van der Waals surface area (Å²) in [4.78, 5) is 16.3. The van der Waals surface area contributed by atoms with Gasteiger partial charge in [0, 0.05) is 22.2 Å². The fourth-order valence-electron chi connectivity index (χ4n) is 5.61. The van der Waals surface area contributed by atoms with Crippen LogP contribution in [0.3, 0.4) is 0 Å². The Morgan fingerprint density at radius 1 is 0.697 bits per heavy atom. The smallest absolute Gasteiger partial charge is 0.259 e. The van der Waals surface area contributed by atoms with Crippen LogP contribution in [-0.2, 0) is 5.41 Å². The van der Waals surface area contributed by atoms with Gasteiger partial charge in [0.1, 0.15) is 0 Å². The third-order valence-electron chi connectivity index (χ3n) is 6.99. The molecule has 5 rings (SSSR count). The Morgan fingerprint density at radius 3 is 2.00 bits per heavy atom. The highest BCUT2D eigenvalue weighted by Gasteiger charge is 2.48. The van der Waals surface area contributed by atoms with E-state index in [4.69, 9.17) is 0 Å². The minimum Gasteiger partial charge on any atom is -0.302 e. The predicted octanol–water partition coefficient (Wildman–Crippen LogP) is 7.49. The Labute approximate surface area is 196 Å². The molecular formula is C31H29NO. The van der Waals surface area contributed by atoms with Crippen molar-refractivity contribution >= 4 is 11.6 Å². The second-order valence-electron chi connectivity index (χ2n) is 9.76. The first-order valence-corrected chi connectivity index (χ1v) is 11.6. The lowest BCUT2D eigenvalue weighted by Gasteiger charge is -2.51. The highest BCUT2D eigenvalue weighted by atomic mass is 16.2. The first-order chi connectivity index (χ1) is 15.9. The largest absolute Gasteiger partial charge is 0.302 e. The van der Waals surface area contributed by atoms with Gasteiger partial charge in [-0.05, 0) is 54.7 Å². The number of fused-ring (bicyclic) bond motifs is 1. The van der Waals surface area contributed by atoms with Crippen LogP contribution >= 0.6 is 0 Å². The van der Waals surface area contributed by atoms with Crippen LogP contribution in [-0.4, -0.2) is 11.4 Å². The van der Waals surface area contributed by atoms with Crippen LogP contribution in [0.15, 0.2) is 109 Å². The quantitative estimate of drug-likeness (QED) is 0.329. The summed E-state index contributed by atoms with van der Waals surface area (Å²) in [6, 6.07) is 37.2. The van der Waals surface area contributed by atoms with Crippen LogP contribution in [0, 0.1) is 0 Å². The molecule has 1 heterocycles. The summed E-state index contributed by atoms with van der Waals surface area (Å²) in [7, 11) is 0. The standard InChI is InChI=1S/C31H29NO/c1-30(2)22-31(3,24-16-8-5-9-17-24)27-20-12-13-21-28(27)32(30)29(33)26-19-11-10-18-25(26)23-14-6-4-7-15-23/h4-21H,22H2,1-3H3. The third kappa shape index (κ3) is 3.56. The number of amides is 1. The van der Waals surface area contributed by atoms with Crippen molar-refractivity contribution in [1.82, 2.24) is 0 Å². The Morgan fingerprint density at radius 2 is 1.27 bits per heavy atom. The number of carbonyl (C=O) groups excluding carboxylic acids is 1. The zero-order chi connectivity index (χ0) is 23.1. The van der Waals surface area contributed by atoms with Gasteiger partial charge < -0.3 is 4.90 Å². The highest BCUT2D eigenvalue weighted by Crippen LogP contribution is 2.50. The van der Waals surface area contributed by atoms with Gasteiger partial charge in [-0.3, -0.25) is 4.79 Å². The molecule has 0 bridgehead atoms. The van der Waals surface area contributed by atoms with Crippen molar-refractivity contribution in [3.63, 3.8) is 0 Å². The Kier molecular flexibility index (Phi) is 5.17. The van der Waals surface area contributed by atoms with Gasteiger partial charge in [-0.2, -0.15) is 0 Å². The van der Waals surface area contributed by atoms with E-state index >= 15 is 0 Å². The number of benzene rings is 4. The van der Waals surface area contributed by atoms with Crippen molar-refractivity contribution in [3.8, 4) is 11.1 Å². The van der Waals surface area contributed by atoms with E-state index in [-0.39, 0.29) is 16.9 Å². The lowest BCUT2D eigenvalue weighted by molar-refractivity contribution is 0.0949. The van der Waals surface area contributed by atoms with Crippen LogP contribution in [0.1, 0.15) is 48.7 Å². The average Bonchev–Trinajstić information content (AvgIpc) is 2.84. The Balaban J connectivity index is 1.67. The number of hydrogen-bond donors (Lipinski definition) is 0. The molecule has 4 aromatic rings. The Hall–Kier alpha value is -3.65. The summed E-state index contributed by atoms with van der Waals surface area (Å²) in [6.45, 7) is 6.68. The summed E-state index contributed by atoms with van der Waals surface area (Å²) in [5.41, 5.74) is 5.66. The fraction of sp³-hybridized carbons (Fsp3) is 0.194. The van der Waals surface area contributed by atoms with Gasteiger partial charge in [0.15, 0.2) is 0 Å². The summed E-state index contributed by atoms with van der Waals surface area (Å²) >= 11 is 0. The molecule has 0 saturated heterocycles. The Bertz CT molecular complexity index is 1290. The SMILES string of the molecule is CC1(c2ccccc2)CC(C)(C)N(C(=O)c2ccccc2-c2ccccc2)c2ccccc21. The van der Waals surface area contributed by atoms with E-state index in [1.54, 1.807) is 0 Å². The van der Waals surface area contributed by atoms with Crippen molar-refractivity contribution in [2.75, 3.05) is 4.90 Å². The molecule has 0 spiro atoms. The van der Waals surface area contributed by atoms with Gasteiger partial charge in [0.05, 0.1) is 0 Å². The summed E-state index contributed by atoms with van der Waals surface area (Å²) in [5.74, 6) is 0.0435. The van der Waals surface area contributed by atoms with E-state index < -0.39 is 0 Å². The maximum Gasteiger partial charge on any atom is 0.259 e. The first-order valence-electron chi connectivity index (χ1n) is 11.6. The van der Waals surface area contributed by atoms with Crippen molar-refractivity contribution in [1.29, 1.82) is 0 Å². The average molecular weight is 432 g/mol. The molecule has 0 aliphatic carbocycles. The van der Waals surface area contributed by atoms with E-state index in [9.17, 15) is 4.79 Å². The molecule has 1 aliphatic rings. The van der Waals surface area contributed by atoms with E-state index in [0.717, 1.165) is 28.8 Å². The second kappa shape index (κ2) is 8.04. The van der Waals surface area contributed by atoms with Gasteiger partial charge in [0.2, 0.25) is 0 Å². The molecule has 1 aliphatic heterocycles. The first kappa shape index (κ1) is 21.2. The number of carbonyl (C=O) groups is 1. The molecule has 4 aromatic carbocycles. The molecule has 1 unspecified atom stereocenters. The molecule has 1 amide bonds. The minimum atomic E-state index is -0.375. The van der Waals surface area contributed by atoms with Crippen LogP contribution < -0.4 is 4.90 Å². The van der Waals surface area contributed by atoms with E-state index in [1.807, 2.05) is 53.4 Å². The van der Waals surface area contributed by atoms with Gasteiger partial charge in [0.25, 0.3) is 5.91 Å². The summed E-state index contributed by atoms with van der Waals surface area (Å²) < 4.78 is 0. The number of nitrogens with zero attached hydrogens (tertiary/aromatic N) is 1. The van der Waals surface area contributed by atoms with Crippen molar-refractivity contribution in [3.05, 3.63) is 126 Å². The van der Waals surface area contributed by atoms with Crippen LogP contribution in [0.4, 0.5) is 5.69 Å². The molecule has 0 aromatic heterocycles. The van der Waals surface area contributed by atoms with Crippen molar-refractivity contribution < 1.29 is 4.79 Å². The molecule has 33 heavy (non-hydrogen) atoms. The van der Waals surface area contributed by atoms with Gasteiger partial charge >= 0.3 is 0 Å². The van der Waals surface area contributed by atoms with E-state index in [2.05, 4.69) is 81.4 Å². The molecule has 0 N–H and O–H groups in total. The van der Waals surface area contributed by atoms with E-state index in [1.165, 1.54) is 11.1 Å². The zero-order valence-corrected chi connectivity index (χ0v) is 19.5. The molecule has 0 fully saturated rings. The molecule has 2 nitrogen and oxygen atoms in total. The lowest BCUT2D eigenvalue weighted by Crippen LogP contribution is -2.56. The number of hydrogen-bond acceptors (Lipinski definition) is 1. The molecule has 0 saturated carbocycles. The number of anilines is 1. The highest BCUT2D eigenvalue weighted by molar-refractivity contribution is 6.11. The molecule has 164 valence electrons. The van der Waals surface area contributed by atoms with Crippen LogP contribution in [0.2, 0.25) is 0 Å². The van der Waals surface area contributed by atoms with Crippen LogP contribution in [0.25, 0.3) is 11.1 Å². The molecule has 1 atom stereocenters. The molecule has 2 heteroatoms. The van der Waals surface area contributed by atoms with Crippen molar-refractivity contribution in [2.45, 2.75) is 38.1 Å². The monoisotopic (exact) mass is 431 g/mol. The topological polar surface area (TPSA) is 20.3 Å². The van der Waals surface area contributed by atoms with E-state index in [0.29, 0.717) is 0 Å². The second-order valence-corrected chi connectivity index (χ2v) is 9.76. The zero-order valence-electron chi connectivity index (χ0n) is 19.5. The van der Waals surface area contributed by atoms with Gasteiger partial charge in [-0.1, -0.05) is 104 Å². The molecule has 0 radical (unpaired) electrons. The van der Waals surface area contributed by atoms with Gasteiger partial charge in [-0.15, -0.1) is 0 Å². The third-order valence-corrected chi connectivity index (χ3v) is 6.99. The maximum absolute atomic E-state index is 14.2. The summed E-state index contributed by atoms with van der Waals surface area (Å²) in [6.07, 6.45) is 0.834. The predicted molar refractivity (Wildman–Crippen MR) is 137 cm³/mol. The van der Waals surface area contributed by atoms with Crippen LogP contribution in [0.5, 0.6) is 0 Å². The summed E-state index contributed by atoms with van der Waals surface area (Å²) in [5, 5.41) is 0. The molecular weight excluding hydrogens is 402 g/mol. The number of rotatable bonds is 3. The van der Waals surface area contributed by atoms with Crippen molar-refractivity contribution in [2.24, 2.45) is 0 Å². The fourth-order valence-corrected chi connectivity index (χ4v) is 5.61. The van der Waals surface area contributed by atoms with Gasteiger partial charge in [-0.25, -0.2) is 0 Å². The lowest BCUT2D eigenvalue weighted by atomic mass is 9.65.